The van der Waals surface area contributed by atoms with Crippen LogP contribution in [0.25, 0.3) is 0 Å². The summed E-state index contributed by atoms with van der Waals surface area (Å²) in [5, 5.41) is 1.98. The molecule has 0 aliphatic carbocycles. The number of sulfonamides is 1. The van der Waals surface area contributed by atoms with Gasteiger partial charge in [0.15, 0.2) is 5.25 Å². The standard InChI is InChI=1S/C19H28ClN3O4S/c1-10(2)14-7-13(20)8-15(11(3)4)17(14)21-19(25)22-28(26,27)16-9-23(12(5)6)18(16)24/h7-8,10-12,16H,9H2,1-6H3,(H2,21,22,25). The summed E-state index contributed by atoms with van der Waals surface area (Å²) in [6, 6.07) is 2.56. The number of carbonyl (C=O) groups is 2. The third-order valence-electron chi connectivity index (χ3n) is 4.80. The van der Waals surface area contributed by atoms with E-state index in [1.807, 2.05) is 46.3 Å². The molecule has 1 aliphatic rings. The summed E-state index contributed by atoms with van der Waals surface area (Å²) in [6.45, 7) is 11.5. The number of halogens is 1. The number of benzene rings is 1. The summed E-state index contributed by atoms with van der Waals surface area (Å²) < 4.78 is 26.9. The molecule has 0 spiro atoms. The van der Waals surface area contributed by atoms with E-state index in [1.54, 1.807) is 12.1 Å². The smallest absolute Gasteiger partial charge is 0.332 e. The molecule has 28 heavy (non-hydrogen) atoms. The molecule has 0 bridgehead atoms. The molecule has 3 amide bonds. The predicted molar refractivity (Wildman–Crippen MR) is 111 cm³/mol. The van der Waals surface area contributed by atoms with Gasteiger partial charge in [-0.2, -0.15) is 0 Å². The van der Waals surface area contributed by atoms with Crippen LogP contribution in [0.4, 0.5) is 10.5 Å². The average molecular weight is 430 g/mol. The molecule has 9 heteroatoms. The molecule has 1 unspecified atom stereocenters. The van der Waals surface area contributed by atoms with E-state index in [0.717, 1.165) is 11.1 Å². The van der Waals surface area contributed by atoms with Gasteiger partial charge in [-0.25, -0.2) is 17.9 Å². The molecular formula is C19H28ClN3O4S. The highest BCUT2D eigenvalue weighted by Gasteiger charge is 2.47. The number of β-lactam (4-membered cyclic amide) rings is 1. The van der Waals surface area contributed by atoms with Gasteiger partial charge in [0, 0.05) is 23.3 Å². The maximum Gasteiger partial charge on any atom is 0.332 e. The van der Waals surface area contributed by atoms with E-state index in [2.05, 4.69) is 5.32 Å². The summed E-state index contributed by atoms with van der Waals surface area (Å²) in [5.74, 6) is -0.362. The highest BCUT2D eigenvalue weighted by Crippen LogP contribution is 2.35. The minimum absolute atomic E-state index is 0.0657. The lowest BCUT2D eigenvalue weighted by atomic mass is 9.92. The van der Waals surface area contributed by atoms with Gasteiger partial charge in [-0.15, -0.1) is 0 Å². The Morgan fingerprint density at radius 1 is 1.11 bits per heavy atom. The quantitative estimate of drug-likeness (QED) is 0.674. The number of hydrogen-bond acceptors (Lipinski definition) is 4. The summed E-state index contributed by atoms with van der Waals surface area (Å²) in [5.41, 5.74) is 2.18. The van der Waals surface area contributed by atoms with Gasteiger partial charge in [0.25, 0.3) is 0 Å². The Balaban J connectivity index is 2.23. The molecule has 156 valence electrons. The summed E-state index contributed by atoms with van der Waals surface area (Å²) in [7, 11) is -4.11. The Hall–Kier alpha value is -1.80. The van der Waals surface area contributed by atoms with Gasteiger partial charge in [0.2, 0.25) is 15.9 Å². The van der Waals surface area contributed by atoms with Crippen molar-refractivity contribution in [2.24, 2.45) is 0 Å². The second-order valence-corrected chi connectivity index (χ2v) is 10.2. The number of nitrogens with one attached hydrogen (secondary N) is 2. The fourth-order valence-corrected chi connectivity index (χ4v) is 4.60. The molecule has 1 saturated heterocycles. The number of likely N-dealkylation sites (tertiary alicyclic amines) is 1. The zero-order valence-electron chi connectivity index (χ0n) is 17.0. The van der Waals surface area contributed by atoms with Gasteiger partial charge in [-0.3, -0.25) is 4.79 Å². The molecule has 1 fully saturated rings. The molecule has 0 radical (unpaired) electrons. The van der Waals surface area contributed by atoms with E-state index < -0.39 is 27.2 Å². The molecular weight excluding hydrogens is 402 g/mol. The Labute approximate surface area is 171 Å². The Kier molecular flexibility index (Phi) is 6.66. The normalized spacial score (nSPS) is 17.3. The van der Waals surface area contributed by atoms with E-state index in [0.29, 0.717) is 10.7 Å². The molecule has 0 aromatic heterocycles. The van der Waals surface area contributed by atoms with Crippen molar-refractivity contribution >= 4 is 39.2 Å². The molecule has 2 rings (SSSR count). The van der Waals surface area contributed by atoms with Crippen LogP contribution in [0.15, 0.2) is 12.1 Å². The highest BCUT2D eigenvalue weighted by atomic mass is 35.5. The maximum absolute atomic E-state index is 12.5. The lowest BCUT2D eigenvalue weighted by Crippen LogP contribution is -2.64. The van der Waals surface area contributed by atoms with Gasteiger partial charge in [0.1, 0.15) is 0 Å². The van der Waals surface area contributed by atoms with E-state index in [-0.39, 0.29) is 24.4 Å². The molecule has 1 atom stereocenters. The van der Waals surface area contributed by atoms with Crippen molar-refractivity contribution in [3.8, 4) is 0 Å². The van der Waals surface area contributed by atoms with Crippen molar-refractivity contribution in [3.05, 3.63) is 28.3 Å². The van der Waals surface area contributed by atoms with Gasteiger partial charge >= 0.3 is 6.03 Å². The average Bonchev–Trinajstić information content (AvgIpc) is 2.52. The van der Waals surface area contributed by atoms with Crippen LogP contribution in [-0.2, 0) is 14.8 Å². The summed E-state index contributed by atoms with van der Waals surface area (Å²) >= 11 is 6.21. The lowest BCUT2D eigenvalue weighted by molar-refractivity contribution is -0.141. The fourth-order valence-electron chi connectivity index (χ4n) is 3.16. The first-order valence-electron chi connectivity index (χ1n) is 9.31. The van der Waals surface area contributed by atoms with Crippen LogP contribution in [-0.4, -0.2) is 43.1 Å². The molecule has 0 saturated carbocycles. The second kappa shape index (κ2) is 8.29. The van der Waals surface area contributed by atoms with Crippen molar-refractivity contribution < 1.29 is 18.0 Å². The minimum Gasteiger partial charge on any atom is -0.337 e. The van der Waals surface area contributed by atoms with Crippen molar-refractivity contribution in [1.82, 2.24) is 9.62 Å². The van der Waals surface area contributed by atoms with Crippen LogP contribution >= 0.6 is 11.6 Å². The second-order valence-electron chi connectivity index (χ2n) is 7.94. The van der Waals surface area contributed by atoms with Crippen LogP contribution in [0.5, 0.6) is 0 Å². The number of anilines is 1. The highest BCUT2D eigenvalue weighted by molar-refractivity contribution is 7.91. The Morgan fingerprint density at radius 3 is 2.00 bits per heavy atom. The monoisotopic (exact) mass is 429 g/mol. The lowest BCUT2D eigenvalue weighted by Gasteiger charge is -2.40. The minimum atomic E-state index is -4.11. The number of nitrogens with zero attached hydrogens (tertiary/aromatic N) is 1. The van der Waals surface area contributed by atoms with Crippen molar-refractivity contribution in [2.75, 3.05) is 11.9 Å². The zero-order chi connectivity index (χ0) is 21.4. The van der Waals surface area contributed by atoms with E-state index in [4.69, 9.17) is 11.6 Å². The largest absolute Gasteiger partial charge is 0.337 e. The number of amides is 3. The fraction of sp³-hybridized carbons (Fsp3) is 0.579. The van der Waals surface area contributed by atoms with Gasteiger partial charge in [0.05, 0.1) is 0 Å². The van der Waals surface area contributed by atoms with E-state index >= 15 is 0 Å². The number of carbonyl (C=O) groups excluding carboxylic acids is 2. The van der Waals surface area contributed by atoms with Gasteiger partial charge < -0.3 is 10.2 Å². The van der Waals surface area contributed by atoms with Gasteiger partial charge in [-0.05, 0) is 48.9 Å². The van der Waals surface area contributed by atoms with Crippen molar-refractivity contribution in [2.45, 2.75) is 64.7 Å². The number of urea groups is 1. The maximum atomic E-state index is 12.5. The first-order valence-corrected chi connectivity index (χ1v) is 11.2. The summed E-state index contributed by atoms with van der Waals surface area (Å²) in [6.07, 6.45) is 0. The molecule has 1 aromatic carbocycles. The van der Waals surface area contributed by atoms with Crippen molar-refractivity contribution in [1.29, 1.82) is 0 Å². The SMILES string of the molecule is CC(C)c1cc(Cl)cc(C(C)C)c1NC(=O)NS(=O)(=O)C1CN(C(C)C)C1=O. The van der Waals surface area contributed by atoms with Crippen LogP contribution < -0.4 is 10.0 Å². The van der Waals surface area contributed by atoms with E-state index in [1.165, 1.54) is 4.90 Å². The van der Waals surface area contributed by atoms with Crippen LogP contribution in [0.3, 0.4) is 0 Å². The van der Waals surface area contributed by atoms with Gasteiger partial charge in [-0.1, -0.05) is 39.3 Å². The summed E-state index contributed by atoms with van der Waals surface area (Å²) in [4.78, 5) is 26.0. The molecule has 2 N–H and O–H groups in total. The topological polar surface area (TPSA) is 95.6 Å². The Morgan fingerprint density at radius 2 is 1.61 bits per heavy atom. The zero-order valence-corrected chi connectivity index (χ0v) is 18.6. The third kappa shape index (κ3) is 4.60. The van der Waals surface area contributed by atoms with Crippen LogP contribution in [0.1, 0.15) is 64.5 Å². The first-order chi connectivity index (χ1) is 12.8. The van der Waals surface area contributed by atoms with Crippen LogP contribution in [0, 0.1) is 0 Å². The van der Waals surface area contributed by atoms with E-state index in [9.17, 15) is 18.0 Å². The van der Waals surface area contributed by atoms with Crippen LogP contribution in [0.2, 0.25) is 5.02 Å². The number of hydrogen-bond donors (Lipinski definition) is 2. The molecule has 1 aliphatic heterocycles. The molecule has 1 aromatic rings. The van der Waals surface area contributed by atoms with Crippen molar-refractivity contribution in [3.63, 3.8) is 0 Å². The third-order valence-corrected chi connectivity index (χ3v) is 6.59. The number of rotatable bonds is 6. The Bertz CT molecular complexity index is 852. The first kappa shape index (κ1) is 22.5. The molecule has 1 heterocycles. The predicted octanol–water partition coefficient (Wildman–Crippen LogP) is 3.66. The molecule has 7 nitrogen and oxygen atoms in total.